The standard InChI is InChI=1S/C56H38N6/c1-4-15-38(16-5-1)54-58-55(39-17-6-2-7-18-39)60-56(59-54)41-33-34-57-48(35-41)46-23-14-26-51-53(46)47-22-11-13-25-50(47)61(51)43-30-27-37(28-31-43)40-29-32-45-44-21-10-12-24-49(44)62(52(45)36-40)42-19-8-3-9-20-42/h1,3-6,8-36H,2,7H2. The second-order valence-electron chi connectivity index (χ2n) is 15.8. The molecule has 1 aliphatic rings. The lowest BCUT2D eigenvalue weighted by molar-refractivity contribution is 1.01. The number of hydrogen-bond acceptors (Lipinski definition) is 4. The summed E-state index contributed by atoms with van der Waals surface area (Å²) < 4.78 is 4.74. The molecule has 0 saturated heterocycles. The largest absolute Gasteiger partial charge is 0.309 e. The molecule has 1 aliphatic carbocycles. The normalized spacial score (nSPS) is 12.7. The lowest BCUT2D eigenvalue weighted by atomic mass is 10.0. The van der Waals surface area contributed by atoms with E-state index in [1.807, 2.05) is 42.6 Å². The van der Waals surface area contributed by atoms with Crippen LogP contribution in [0.3, 0.4) is 0 Å². The molecule has 0 fully saturated rings. The van der Waals surface area contributed by atoms with Crippen LogP contribution in [0.2, 0.25) is 0 Å². The maximum atomic E-state index is 5.04. The zero-order valence-electron chi connectivity index (χ0n) is 33.7. The van der Waals surface area contributed by atoms with E-state index < -0.39 is 0 Å². The van der Waals surface area contributed by atoms with E-state index in [1.165, 1.54) is 32.8 Å². The maximum Gasteiger partial charge on any atom is 0.164 e. The molecule has 0 spiro atoms. The van der Waals surface area contributed by atoms with E-state index in [2.05, 4.69) is 173 Å². The second kappa shape index (κ2) is 14.8. The van der Waals surface area contributed by atoms with Crippen molar-refractivity contribution < 1.29 is 0 Å². The number of pyridine rings is 1. The van der Waals surface area contributed by atoms with E-state index >= 15 is 0 Å². The SMILES string of the molecule is C1=CC(c2nc(-c3ccccc3)nc(-c3ccnc(-c4cccc5c4c4ccccc4n5-c4ccc(-c5ccc6c7ccccc7n(-c7ccccc7)c6c5)cc4)c3)n2)=CCC1. The van der Waals surface area contributed by atoms with Gasteiger partial charge in [0.2, 0.25) is 0 Å². The van der Waals surface area contributed by atoms with Crippen molar-refractivity contribution in [3.8, 4) is 56.5 Å². The van der Waals surface area contributed by atoms with Gasteiger partial charge in [-0.1, -0.05) is 140 Å². The molecule has 292 valence electrons. The molecule has 0 N–H and O–H groups in total. The Kier molecular flexibility index (Phi) is 8.52. The number of fused-ring (bicyclic) bond motifs is 6. The van der Waals surface area contributed by atoms with Gasteiger partial charge in [-0.2, -0.15) is 0 Å². The first-order chi connectivity index (χ1) is 30.7. The number of para-hydroxylation sites is 3. The molecule has 0 saturated carbocycles. The van der Waals surface area contributed by atoms with E-state index in [0.29, 0.717) is 17.5 Å². The molecule has 0 radical (unpaired) electrons. The average molecular weight is 795 g/mol. The Morgan fingerprint density at radius 1 is 0.403 bits per heavy atom. The maximum absolute atomic E-state index is 5.04. The predicted molar refractivity (Wildman–Crippen MR) is 254 cm³/mol. The number of nitrogens with zero attached hydrogens (tertiary/aromatic N) is 6. The minimum absolute atomic E-state index is 0.618. The molecular formula is C56H38N6. The van der Waals surface area contributed by atoms with E-state index in [1.54, 1.807) is 0 Å². The Hall–Kier alpha value is -8.22. The first kappa shape index (κ1) is 35.7. The average Bonchev–Trinajstić information content (AvgIpc) is 3.87. The van der Waals surface area contributed by atoms with E-state index in [4.69, 9.17) is 19.9 Å². The van der Waals surface area contributed by atoms with Gasteiger partial charge in [-0.25, -0.2) is 15.0 Å². The zero-order chi connectivity index (χ0) is 41.0. The Bertz CT molecular complexity index is 3560. The fourth-order valence-electron chi connectivity index (χ4n) is 9.17. The molecule has 0 unspecified atom stereocenters. The summed E-state index contributed by atoms with van der Waals surface area (Å²) in [5.74, 6) is 1.94. The van der Waals surface area contributed by atoms with Gasteiger partial charge >= 0.3 is 0 Å². The lowest BCUT2D eigenvalue weighted by Crippen LogP contribution is -2.03. The highest BCUT2D eigenvalue weighted by Crippen LogP contribution is 2.40. The summed E-state index contributed by atoms with van der Waals surface area (Å²) in [6.45, 7) is 0. The Balaban J connectivity index is 0.953. The van der Waals surface area contributed by atoms with Crippen molar-refractivity contribution in [3.63, 3.8) is 0 Å². The molecule has 62 heavy (non-hydrogen) atoms. The van der Waals surface area contributed by atoms with Crippen LogP contribution in [0.4, 0.5) is 0 Å². The molecule has 0 aliphatic heterocycles. The number of aromatic nitrogens is 6. The topological polar surface area (TPSA) is 61.4 Å². The van der Waals surface area contributed by atoms with Crippen LogP contribution >= 0.6 is 0 Å². The van der Waals surface area contributed by atoms with Crippen LogP contribution in [-0.2, 0) is 0 Å². The van der Waals surface area contributed by atoms with Gasteiger partial charge in [0.1, 0.15) is 0 Å². The van der Waals surface area contributed by atoms with Gasteiger partial charge < -0.3 is 9.13 Å². The summed E-state index contributed by atoms with van der Waals surface area (Å²) in [6, 6.07) is 64.5. The highest BCUT2D eigenvalue weighted by atomic mass is 15.0. The van der Waals surface area contributed by atoms with Gasteiger partial charge in [0.05, 0.1) is 27.8 Å². The van der Waals surface area contributed by atoms with Gasteiger partial charge in [-0.05, 0) is 84.6 Å². The summed E-state index contributed by atoms with van der Waals surface area (Å²) in [7, 11) is 0. The Morgan fingerprint density at radius 2 is 1.03 bits per heavy atom. The van der Waals surface area contributed by atoms with Crippen LogP contribution in [-0.4, -0.2) is 29.1 Å². The van der Waals surface area contributed by atoms with Crippen molar-refractivity contribution >= 4 is 49.2 Å². The Morgan fingerprint density at radius 3 is 1.82 bits per heavy atom. The minimum atomic E-state index is 0.618. The lowest BCUT2D eigenvalue weighted by Gasteiger charge is -2.12. The summed E-state index contributed by atoms with van der Waals surface area (Å²) >= 11 is 0. The third kappa shape index (κ3) is 6.03. The van der Waals surface area contributed by atoms with Gasteiger partial charge in [0.15, 0.2) is 17.5 Å². The molecule has 4 aromatic heterocycles. The number of hydrogen-bond donors (Lipinski definition) is 0. The number of benzene rings is 7. The van der Waals surface area contributed by atoms with Crippen molar-refractivity contribution in [1.82, 2.24) is 29.1 Å². The van der Waals surface area contributed by atoms with Crippen LogP contribution < -0.4 is 0 Å². The van der Waals surface area contributed by atoms with Gasteiger partial charge in [-0.3, -0.25) is 4.98 Å². The summed E-state index contributed by atoms with van der Waals surface area (Å²) in [5, 5.41) is 4.81. The molecule has 6 heteroatoms. The van der Waals surface area contributed by atoms with Crippen molar-refractivity contribution in [2.75, 3.05) is 0 Å². The van der Waals surface area contributed by atoms with Gasteiger partial charge in [-0.15, -0.1) is 0 Å². The highest BCUT2D eigenvalue weighted by Gasteiger charge is 2.19. The fraction of sp³-hybridized carbons (Fsp3) is 0.0357. The summed E-state index contributed by atoms with van der Waals surface area (Å²) in [5.41, 5.74) is 14.0. The van der Waals surface area contributed by atoms with Crippen molar-refractivity contribution in [2.45, 2.75) is 12.8 Å². The summed E-state index contributed by atoms with van der Waals surface area (Å²) in [4.78, 5) is 20.0. The molecule has 0 bridgehead atoms. The quantitative estimate of drug-likeness (QED) is 0.161. The van der Waals surface area contributed by atoms with Crippen LogP contribution in [0.1, 0.15) is 18.7 Å². The van der Waals surface area contributed by atoms with Gasteiger partial charge in [0.25, 0.3) is 0 Å². The zero-order valence-corrected chi connectivity index (χ0v) is 33.7. The predicted octanol–water partition coefficient (Wildman–Crippen LogP) is 13.9. The monoisotopic (exact) mass is 794 g/mol. The molecule has 7 aromatic carbocycles. The molecule has 11 aromatic rings. The van der Waals surface area contributed by atoms with E-state index in [-0.39, 0.29) is 0 Å². The highest BCUT2D eigenvalue weighted by molar-refractivity contribution is 6.15. The minimum Gasteiger partial charge on any atom is -0.309 e. The van der Waals surface area contributed by atoms with Crippen LogP contribution in [0, 0.1) is 0 Å². The second-order valence-corrected chi connectivity index (χ2v) is 15.8. The molecule has 0 atom stereocenters. The summed E-state index contributed by atoms with van der Waals surface area (Å²) in [6.07, 6.45) is 10.4. The number of rotatable bonds is 7. The first-order valence-electron chi connectivity index (χ1n) is 21.1. The van der Waals surface area contributed by atoms with E-state index in [9.17, 15) is 0 Å². The Labute approximate surface area is 358 Å². The number of allylic oxidation sites excluding steroid dienone is 4. The van der Waals surface area contributed by atoms with Crippen molar-refractivity contribution in [1.29, 1.82) is 0 Å². The molecule has 0 amide bonds. The fourth-order valence-corrected chi connectivity index (χ4v) is 9.17. The van der Waals surface area contributed by atoms with Crippen LogP contribution in [0.25, 0.3) is 106 Å². The smallest absolute Gasteiger partial charge is 0.164 e. The van der Waals surface area contributed by atoms with Crippen molar-refractivity contribution in [3.05, 3.63) is 212 Å². The molecular weight excluding hydrogens is 757 g/mol. The third-order valence-corrected chi connectivity index (χ3v) is 12.1. The van der Waals surface area contributed by atoms with Crippen LogP contribution in [0.5, 0.6) is 0 Å². The van der Waals surface area contributed by atoms with Crippen molar-refractivity contribution in [2.24, 2.45) is 0 Å². The molecule has 12 rings (SSSR count). The molecule has 4 heterocycles. The van der Waals surface area contributed by atoms with Crippen LogP contribution in [0.15, 0.2) is 206 Å². The first-order valence-corrected chi connectivity index (χ1v) is 21.1. The van der Waals surface area contributed by atoms with E-state index in [0.717, 1.165) is 74.2 Å². The molecule has 6 nitrogen and oxygen atoms in total. The van der Waals surface area contributed by atoms with Gasteiger partial charge in [0, 0.05) is 61.4 Å². The third-order valence-electron chi connectivity index (χ3n) is 12.1.